The molecule has 1 aliphatic carbocycles. The lowest BCUT2D eigenvalue weighted by Crippen LogP contribution is -2.39. The standard InChI is InChI=1S/C16H15F2N/c1-10-6-7-13(17)14(15(10)18)16(19)8-11-4-2-3-5-12(11)9-16/h2-7H,8-9,19H2,1H3. The number of nitrogens with two attached hydrogens (primary N) is 1. The Kier molecular flexibility index (Phi) is 2.68. The van der Waals surface area contributed by atoms with Crippen molar-refractivity contribution < 1.29 is 8.78 Å². The highest BCUT2D eigenvalue weighted by atomic mass is 19.1. The second-order valence-electron chi connectivity index (χ2n) is 5.33. The van der Waals surface area contributed by atoms with Crippen LogP contribution in [0.4, 0.5) is 8.78 Å². The van der Waals surface area contributed by atoms with Crippen molar-refractivity contribution in [1.29, 1.82) is 0 Å². The van der Waals surface area contributed by atoms with Crippen molar-refractivity contribution in [3.8, 4) is 0 Å². The summed E-state index contributed by atoms with van der Waals surface area (Å²) in [7, 11) is 0. The number of benzene rings is 2. The van der Waals surface area contributed by atoms with Crippen molar-refractivity contribution in [2.24, 2.45) is 5.73 Å². The highest BCUT2D eigenvalue weighted by Gasteiger charge is 2.39. The van der Waals surface area contributed by atoms with Crippen LogP contribution in [0.3, 0.4) is 0 Å². The fraction of sp³-hybridized carbons (Fsp3) is 0.250. The SMILES string of the molecule is Cc1ccc(F)c(C2(N)Cc3ccccc3C2)c1F. The van der Waals surface area contributed by atoms with Crippen LogP contribution in [-0.2, 0) is 18.4 Å². The minimum Gasteiger partial charge on any atom is -0.321 e. The van der Waals surface area contributed by atoms with E-state index in [1.165, 1.54) is 12.1 Å². The van der Waals surface area contributed by atoms with Gasteiger partial charge in [-0.1, -0.05) is 30.3 Å². The van der Waals surface area contributed by atoms with Gasteiger partial charge in [0.15, 0.2) is 0 Å². The quantitative estimate of drug-likeness (QED) is 0.836. The Bertz CT molecular complexity index is 624. The highest BCUT2D eigenvalue weighted by Crippen LogP contribution is 2.38. The summed E-state index contributed by atoms with van der Waals surface area (Å²) >= 11 is 0. The molecule has 2 aromatic rings. The monoisotopic (exact) mass is 259 g/mol. The van der Waals surface area contributed by atoms with E-state index in [2.05, 4.69) is 0 Å². The Hall–Kier alpha value is -1.74. The molecule has 1 aliphatic rings. The second kappa shape index (κ2) is 4.14. The average molecular weight is 259 g/mol. The third-order valence-corrected chi connectivity index (χ3v) is 3.91. The van der Waals surface area contributed by atoms with E-state index in [1.54, 1.807) is 6.92 Å². The van der Waals surface area contributed by atoms with Gasteiger partial charge >= 0.3 is 0 Å². The van der Waals surface area contributed by atoms with Crippen LogP contribution >= 0.6 is 0 Å². The van der Waals surface area contributed by atoms with Crippen LogP contribution in [0.1, 0.15) is 22.3 Å². The number of fused-ring (bicyclic) bond motifs is 1. The summed E-state index contributed by atoms with van der Waals surface area (Å²) in [4.78, 5) is 0. The van der Waals surface area contributed by atoms with Crippen molar-refractivity contribution in [2.75, 3.05) is 0 Å². The van der Waals surface area contributed by atoms with Gasteiger partial charge in [0, 0.05) is 5.56 Å². The molecule has 0 aliphatic heterocycles. The number of aryl methyl sites for hydroxylation is 1. The van der Waals surface area contributed by atoms with Crippen LogP contribution in [0.25, 0.3) is 0 Å². The van der Waals surface area contributed by atoms with Gasteiger partial charge in [-0.25, -0.2) is 8.78 Å². The van der Waals surface area contributed by atoms with E-state index in [0.717, 1.165) is 11.1 Å². The zero-order chi connectivity index (χ0) is 13.6. The van der Waals surface area contributed by atoms with Gasteiger partial charge in [-0.3, -0.25) is 0 Å². The Morgan fingerprint density at radius 1 is 1.00 bits per heavy atom. The average Bonchev–Trinajstić information content (AvgIpc) is 2.71. The summed E-state index contributed by atoms with van der Waals surface area (Å²) in [6, 6.07) is 10.5. The van der Waals surface area contributed by atoms with Crippen molar-refractivity contribution in [3.63, 3.8) is 0 Å². The van der Waals surface area contributed by atoms with Crippen LogP contribution in [0.5, 0.6) is 0 Å². The highest BCUT2D eigenvalue weighted by molar-refractivity contribution is 5.43. The summed E-state index contributed by atoms with van der Waals surface area (Å²) in [5.74, 6) is -1.08. The molecule has 0 bridgehead atoms. The summed E-state index contributed by atoms with van der Waals surface area (Å²) < 4.78 is 28.3. The first-order chi connectivity index (χ1) is 9.01. The van der Waals surface area contributed by atoms with Crippen molar-refractivity contribution in [3.05, 3.63) is 70.3 Å². The fourth-order valence-corrected chi connectivity index (χ4v) is 2.93. The molecule has 0 atom stereocenters. The van der Waals surface area contributed by atoms with Crippen molar-refractivity contribution in [2.45, 2.75) is 25.3 Å². The van der Waals surface area contributed by atoms with Crippen LogP contribution in [-0.4, -0.2) is 0 Å². The van der Waals surface area contributed by atoms with Crippen molar-refractivity contribution in [1.82, 2.24) is 0 Å². The lowest BCUT2D eigenvalue weighted by atomic mass is 9.86. The van der Waals surface area contributed by atoms with Crippen LogP contribution in [0, 0.1) is 18.6 Å². The summed E-state index contributed by atoms with van der Waals surface area (Å²) in [5, 5.41) is 0. The molecule has 0 aromatic heterocycles. The third-order valence-electron chi connectivity index (χ3n) is 3.91. The topological polar surface area (TPSA) is 26.0 Å². The Morgan fingerprint density at radius 2 is 1.58 bits per heavy atom. The summed E-state index contributed by atoms with van der Waals surface area (Å²) in [5.41, 5.74) is 7.93. The molecule has 98 valence electrons. The summed E-state index contributed by atoms with van der Waals surface area (Å²) in [6.07, 6.45) is 0.945. The Morgan fingerprint density at radius 3 is 2.16 bits per heavy atom. The zero-order valence-corrected chi connectivity index (χ0v) is 10.7. The minimum absolute atomic E-state index is 0.0173. The van der Waals surface area contributed by atoms with Gasteiger partial charge in [-0.15, -0.1) is 0 Å². The third kappa shape index (κ3) is 1.85. The molecule has 3 heteroatoms. The van der Waals surface area contributed by atoms with E-state index in [1.807, 2.05) is 24.3 Å². The molecule has 2 N–H and O–H groups in total. The molecule has 0 fully saturated rings. The van der Waals surface area contributed by atoms with E-state index in [4.69, 9.17) is 5.73 Å². The Balaban J connectivity index is 2.12. The normalized spacial score (nSPS) is 16.4. The second-order valence-corrected chi connectivity index (χ2v) is 5.33. The first-order valence-corrected chi connectivity index (χ1v) is 6.32. The first-order valence-electron chi connectivity index (χ1n) is 6.32. The van der Waals surface area contributed by atoms with E-state index in [-0.39, 0.29) is 5.56 Å². The fourth-order valence-electron chi connectivity index (χ4n) is 2.93. The van der Waals surface area contributed by atoms with Crippen molar-refractivity contribution >= 4 is 0 Å². The molecule has 0 spiro atoms. The minimum atomic E-state index is -0.982. The molecule has 0 heterocycles. The van der Waals surface area contributed by atoms with Gasteiger partial charge in [0.1, 0.15) is 11.6 Å². The van der Waals surface area contributed by atoms with Crippen LogP contribution in [0.15, 0.2) is 36.4 Å². The molecule has 3 rings (SSSR count). The number of hydrogen-bond donors (Lipinski definition) is 1. The molecule has 0 saturated heterocycles. The van der Waals surface area contributed by atoms with Gasteiger partial charge in [-0.2, -0.15) is 0 Å². The number of hydrogen-bond acceptors (Lipinski definition) is 1. The van der Waals surface area contributed by atoms with Gasteiger partial charge < -0.3 is 5.73 Å². The first kappa shape index (κ1) is 12.3. The van der Waals surface area contributed by atoms with Gasteiger partial charge in [0.05, 0.1) is 5.54 Å². The Labute approximate surface area is 111 Å². The molecule has 0 saturated carbocycles. The molecule has 2 aromatic carbocycles. The molecule has 19 heavy (non-hydrogen) atoms. The van der Waals surface area contributed by atoms with E-state index < -0.39 is 17.2 Å². The van der Waals surface area contributed by atoms with Crippen LogP contribution in [0.2, 0.25) is 0 Å². The predicted octanol–water partition coefficient (Wildman–Crippen LogP) is 3.23. The molecular formula is C16H15F2N. The predicted molar refractivity (Wildman–Crippen MR) is 70.8 cm³/mol. The van der Waals surface area contributed by atoms with E-state index in [9.17, 15) is 8.78 Å². The number of rotatable bonds is 1. The lowest BCUT2D eigenvalue weighted by molar-refractivity contribution is 0.410. The maximum Gasteiger partial charge on any atom is 0.134 e. The largest absolute Gasteiger partial charge is 0.321 e. The molecular weight excluding hydrogens is 244 g/mol. The summed E-state index contributed by atoms with van der Waals surface area (Å²) in [6.45, 7) is 1.63. The van der Waals surface area contributed by atoms with Gasteiger partial charge in [0.25, 0.3) is 0 Å². The van der Waals surface area contributed by atoms with Crippen LogP contribution < -0.4 is 5.73 Å². The molecule has 1 nitrogen and oxygen atoms in total. The van der Waals surface area contributed by atoms with E-state index >= 15 is 0 Å². The lowest BCUT2D eigenvalue weighted by Gasteiger charge is -2.26. The maximum atomic E-state index is 14.3. The van der Waals surface area contributed by atoms with Gasteiger partial charge in [-0.05, 0) is 42.5 Å². The zero-order valence-electron chi connectivity index (χ0n) is 10.7. The molecule has 0 radical (unpaired) electrons. The number of halogens is 2. The molecule has 0 amide bonds. The van der Waals surface area contributed by atoms with E-state index in [0.29, 0.717) is 18.4 Å². The van der Waals surface area contributed by atoms with Gasteiger partial charge in [0.2, 0.25) is 0 Å². The molecule has 0 unspecified atom stereocenters. The maximum absolute atomic E-state index is 14.3. The smallest absolute Gasteiger partial charge is 0.134 e.